The summed E-state index contributed by atoms with van der Waals surface area (Å²) >= 11 is 0. The normalized spacial score (nSPS) is 11.6. The second-order valence-electron chi connectivity index (χ2n) is 6.09. The Hall–Kier alpha value is -1.68. The Balaban J connectivity index is 2.23. The lowest BCUT2D eigenvalue weighted by Gasteiger charge is -2.18. The highest BCUT2D eigenvalue weighted by Crippen LogP contribution is 2.11. The molecule has 0 fully saturated rings. The SMILES string of the molecule is CC(C)S(=O)(=O)NCCCCCNc1ccc(C(=N)N(C)NN)cc1. The van der Waals surface area contributed by atoms with Crippen molar-refractivity contribution in [2.75, 3.05) is 25.5 Å². The number of unbranched alkanes of at least 4 members (excludes halogenated alkanes) is 2. The molecule has 0 unspecified atom stereocenters. The van der Waals surface area contributed by atoms with Crippen LogP contribution in [0, 0.1) is 5.41 Å². The third-order valence-corrected chi connectivity index (χ3v) is 5.64. The van der Waals surface area contributed by atoms with Crippen LogP contribution >= 0.6 is 0 Å². The van der Waals surface area contributed by atoms with Crippen LogP contribution in [0.15, 0.2) is 24.3 Å². The van der Waals surface area contributed by atoms with Crippen molar-refractivity contribution in [2.24, 2.45) is 5.84 Å². The predicted octanol–water partition coefficient (Wildman–Crippen LogP) is 1.23. The first kappa shape index (κ1) is 21.4. The monoisotopic (exact) mass is 370 g/mol. The van der Waals surface area contributed by atoms with Gasteiger partial charge in [0.2, 0.25) is 10.0 Å². The van der Waals surface area contributed by atoms with Crippen LogP contribution < -0.4 is 21.4 Å². The third-order valence-electron chi connectivity index (χ3n) is 3.79. The second-order valence-corrected chi connectivity index (χ2v) is 8.41. The number of rotatable bonds is 11. The number of hydrogen-bond acceptors (Lipinski definition) is 6. The molecule has 0 bridgehead atoms. The lowest BCUT2D eigenvalue weighted by molar-refractivity contribution is 0.375. The van der Waals surface area contributed by atoms with Crippen molar-refractivity contribution in [1.82, 2.24) is 15.3 Å². The van der Waals surface area contributed by atoms with Gasteiger partial charge in [-0.3, -0.25) is 16.3 Å². The molecule has 6 N–H and O–H groups in total. The van der Waals surface area contributed by atoms with Crippen molar-refractivity contribution in [3.8, 4) is 0 Å². The van der Waals surface area contributed by atoms with Gasteiger partial charge in [0.25, 0.3) is 0 Å². The summed E-state index contributed by atoms with van der Waals surface area (Å²) in [4.78, 5) is 0. The molecule has 25 heavy (non-hydrogen) atoms. The molecule has 0 radical (unpaired) electrons. The van der Waals surface area contributed by atoms with Crippen molar-refractivity contribution in [1.29, 1.82) is 5.41 Å². The van der Waals surface area contributed by atoms with Gasteiger partial charge in [-0.2, -0.15) is 5.53 Å². The maximum absolute atomic E-state index is 11.6. The van der Waals surface area contributed by atoms with E-state index in [2.05, 4.69) is 15.6 Å². The molecule has 0 heterocycles. The van der Waals surface area contributed by atoms with Crippen LogP contribution in [0.1, 0.15) is 38.7 Å². The number of anilines is 1. The van der Waals surface area contributed by atoms with Crippen LogP contribution in [-0.2, 0) is 10.0 Å². The van der Waals surface area contributed by atoms with Crippen molar-refractivity contribution in [3.63, 3.8) is 0 Å². The zero-order valence-corrected chi connectivity index (χ0v) is 16.0. The Morgan fingerprint density at radius 1 is 1.16 bits per heavy atom. The Morgan fingerprint density at radius 3 is 2.32 bits per heavy atom. The predicted molar refractivity (Wildman–Crippen MR) is 103 cm³/mol. The van der Waals surface area contributed by atoms with Gasteiger partial charge in [-0.25, -0.2) is 13.1 Å². The van der Waals surface area contributed by atoms with E-state index < -0.39 is 10.0 Å². The highest BCUT2D eigenvalue weighted by atomic mass is 32.2. The van der Waals surface area contributed by atoms with Crippen LogP contribution in [0.2, 0.25) is 0 Å². The molecule has 0 aliphatic carbocycles. The van der Waals surface area contributed by atoms with E-state index >= 15 is 0 Å². The maximum Gasteiger partial charge on any atom is 0.213 e. The van der Waals surface area contributed by atoms with Crippen molar-refractivity contribution >= 4 is 21.5 Å². The second kappa shape index (κ2) is 10.3. The zero-order chi connectivity index (χ0) is 18.9. The van der Waals surface area contributed by atoms with Gasteiger partial charge < -0.3 is 5.32 Å². The maximum atomic E-state index is 11.6. The van der Waals surface area contributed by atoms with Crippen molar-refractivity contribution in [2.45, 2.75) is 38.4 Å². The highest BCUT2D eigenvalue weighted by molar-refractivity contribution is 7.90. The minimum absolute atomic E-state index is 0.290. The Kier molecular flexibility index (Phi) is 8.84. The van der Waals surface area contributed by atoms with Gasteiger partial charge in [0.1, 0.15) is 5.84 Å². The van der Waals surface area contributed by atoms with E-state index in [1.165, 1.54) is 5.01 Å². The minimum Gasteiger partial charge on any atom is -0.385 e. The average Bonchev–Trinajstić information content (AvgIpc) is 2.59. The van der Waals surface area contributed by atoms with E-state index in [1.54, 1.807) is 20.9 Å². The standard InChI is InChI=1S/C16H30N6O2S/c1-13(2)25(23,24)20-12-6-4-5-11-19-15-9-7-14(8-10-15)16(17)22(3)21-18/h7-10,13,17,19-21H,4-6,11-12,18H2,1-3H3. The summed E-state index contributed by atoms with van der Waals surface area (Å²) in [6.07, 6.45) is 2.73. The summed E-state index contributed by atoms with van der Waals surface area (Å²) in [5.41, 5.74) is 4.16. The van der Waals surface area contributed by atoms with Crippen LogP contribution in [0.25, 0.3) is 0 Å². The summed E-state index contributed by atoms with van der Waals surface area (Å²) in [5, 5.41) is 12.3. The highest BCUT2D eigenvalue weighted by Gasteiger charge is 2.13. The topological polar surface area (TPSA) is 123 Å². The molecular formula is C16H30N6O2S. The third kappa shape index (κ3) is 7.39. The van der Waals surface area contributed by atoms with Gasteiger partial charge in [-0.05, 0) is 51.0 Å². The van der Waals surface area contributed by atoms with Gasteiger partial charge in [-0.15, -0.1) is 0 Å². The Bertz CT molecular complexity index is 631. The number of nitrogens with zero attached hydrogens (tertiary/aromatic N) is 1. The van der Waals surface area contributed by atoms with Crippen LogP contribution in [0.4, 0.5) is 5.69 Å². The molecule has 0 atom stereocenters. The fourth-order valence-corrected chi connectivity index (χ4v) is 2.81. The van der Waals surface area contributed by atoms with Gasteiger partial charge in [0.15, 0.2) is 0 Å². The summed E-state index contributed by atoms with van der Waals surface area (Å²) in [5.74, 6) is 5.57. The molecule has 0 aliphatic heterocycles. The summed E-state index contributed by atoms with van der Waals surface area (Å²) in [7, 11) is -1.48. The number of sulfonamides is 1. The molecule has 8 nitrogen and oxygen atoms in total. The summed E-state index contributed by atoms with van der Waals surface area (Å²) in [6.45, 7) is 4.64. The average molecular weight is 371 g/mol. The van der Waals surface area contributed by atoms with E-state index in [9.17, 15) is 8.42 Å². The molecule has 0 aromatic heterocycles. The van der Waals surface area contributed by atoms with Crippen LogP contribution in [0.5, 0.6) is 0 Å². The number of amidine groups is 1. The number of benzene rings is 1. The molecule has 9 heteroatoms. The molecule has 0 saturated heterocycles. The largest absolute Gasteiger partial charge is 0.385 e. The zero-order valence-electron chi connectivity index (χ0n) is 15.2. The lowest BCUT2D eigenvalue weighted by Crippen LogP contribution is -2.43. The Labute approximate surface area is 150 Å². The van der Waals surface area contributed by atoms with Crippen molar-refractivity contribution in [3.05, 3.63) is 29.8 Å². The lowest BCUT2D eigenvalue weighted by atomic mass is 10.2. The smallest absolute Gasteiger partial charge is 0.213 e. The summed E-state index contributed by atoms with van der Waals surface area (Å²) < 4.78 is 25.8. The van der Waals surface area contributed by atoms with Crippen molar-refractivity contribution < 1.29 is 8.42 Å². The van der Waals surface area contributed by atoms with Gasteiger partial charge in [-0.1, -0.05) is 6.42 Å². The van der Waals surface area contributed by atoms with E-state index in [0.717, 1.165) is 37.1 Å². The van der Waals surface area contributed by atoms with E-state index in [1.807, 2.05) is 24.3 Å². The molecule has 0 spiro atoms. The molecule has 1 aromatic rings. The van der Waals surface area contributed by atoms with Gasteiger partial charge in [0, 0.05) is 31.4 Å². The first-order valence-corrected chi connectivity index (χ1v) is 9.94. The fraction of sp³-hybridized carbons (Fsp3) is 0.562. The number of hydrogen-bond donors (Lipinski definition) is 5. The van der Waals surface area contributed by atoms with Crippen LogP contribution in [-0.4, -0.2) is 44.6 Å². The molecule has 0 amide bonds. The molecule has 0 aliphatic rings. The Morgan fingerprint density at radius 2 is 1.76 bits per heavy atom. The first-order valence-electron chi connectivity index (χ1n) is 8.39. The van der Waals surface area contributed by atoms with E-state index in [4.69, 9.17) is 11.3 Å². The molecule has 142 valence electrons. The molecule has 1 rings (SSSR count). The number of nitrogens with one attached hydrogen (secondary N) is 4. The quantitative estimate of drug-likeness (QED) is 0.131. The minimum atomic E-state index is -3.15. The summed E-state index contributed by atoms with van der Waals surface area (Å²) in [6, 6.07) is 7.56. The van der Waals surface area contributed by atoms with Gasteiger partial charge >= 0.3 is 0 Å². The van der Waals surface area contributed by atoms with E-state index in [-0.39, 0.29) is 11.1 Å². The fourth-order valence-electron chi connectivity index (χ4n) is 2.04. The first-order chi connectivity index (χ1) is 11.8. The number of nitrogens with two attached hydrogens (primary N) is 1. The van der Waals surface area contributed by atoms with Crippen LogP contribution in [0.3, 0.4) is 0 Å². The number of hydrazine groups is 2. The van der Waals surface area contributed by atoms with E-state index in [0.29, 0.717) is 6.54 Å². The van der Waals surface area contributed by atoms with Gasteiger partial charge in [0.05, 0.1) is 5.25 Å². The molecular weight excluding hydrogens is 340 g/mol. The molecule has 1 aromatic carbocycles. The molecule has 0 saturated carbocycles.